The first-order valence-corrected chi connectivity index (χ1v) is 14.1. The minimum atomic E-state index is 0.444. The lowest BCUT2D eigenvalue weighted by atomic mass is 9.81. The number of hydrogen-bond acceptors (Lipinski definition) is 1. The van der Waals surface area contributed by atoms with Crippen LogP contribution < -0.4 is 4.90 Å². The van der Waals surface area contributed by atoms with E-state index in [-0.39, 0.29) is 0 Å². The van der Waals surface area contributed by atoms with Gasteiger partial charge in [-0.1, -0.05) is 102 Å². The van der Waals surface area contributed by atoms with Crippen molar-refractivity contribution in [3.05, 3.63) is 130 Å². The predicted octanol–water partition coefficient (Wildman–Crippen LogP) is 9.92. The zero-order valence-corrected chi connectivity index (χ0v) is 22.6. The first-order chi connectivity index (χ1) is 18.6. The Balaban J connectivity index is 1.25. The summed E-state index contributed by atoms with van der Waals surface area (Å²) < 4.78 is 0. The van der Waals surface area contributed by atoms with Crippen LogP contribution in [-0.2, 0) is 6.42 Å². The molecule has 7 rings (SSSR count). The first kappa shape index (κ1) is 23.3. The van der Waals surface area contributed by atoms with Crippen molar-refractivity contribution in [2.75, 3.05) is 4.90 Å². The SMILES string of the molecule is CC1=Cc2c(-c3ccccc3)cccc2C1CC1C(C)=Cc2c1cccc2N1c2ccccc2CCC1C. The van der Waals surface area contributed by atoms with Gasteiger partial charge in [0.15, 0.2) is 0 Å². The Bertz CT molecular complexity index is 1590. The fourth-order valence-electron chi connectivity index (χ4n) is 7.22. The summed E-state index contributed by atoms with van der Waals surface area (Å²) in [7, 11) is 0. The average molecular weight is 494 g/mol. The number of allylic oxidation sites excluding steroid dienone is 2. The van der Waals surface area contributed by atoms with E-state index < -0.39 is 0 Å². The van der Waals surface area contributed by atoms with Gasteiger partial charge in [-0.2, -0.15) is 0 Å². The van der Waals surface area contributed by atoms with Gasteiger partial charge in [0.2, 0.25) is 0 Å². The van der Waals surface area contributed by atoms with E-state index in [0.717, 1.165) is 12.8 Å². The number of rotatable bonds is 4. The van der Waals surface area contributed by atoms with Crippen LogP contribution in [0, 0.1) is 0 Å². The van der Waals surface area contributed by atoms with Crippen molar-refractivity contribution in [3.63, 3.8) is 0 Å². The molecule has 0 fully saturated rings. The van der Waals surface area contributed by atoms with Crippen LogP contribution in [-0.4, -0.2) is 6.04 Å². The van der Waals surface area contributed by atoms with Crippen LogP contribution >= 0.6 is 0 Å². The van der Waals surface area contributed by atoms with E-state index in [2.05, 4.69) is 129 Å². The van der Waals surface area contributed by atoms with Crippen LogP contribution in [0.15, 0.2) is 102 Å². The number of benzene rings is 4. The van der Waals surface area contributed by atoms with Crippen LogP contribution in [0.5, 0.6) is 0 Å². The van der Waals surface area contributed by atoms with E-state index in [9.17, 15) is 0 Å². The van der Waals surface area contributed by atoms with Gasteiger partial charge in [0.1, 0.15) is 0 Å². The molecular formula is C37H35N. The van der Waals surface area contributed by atoms with E-state index >= 15 is 0 Å². The lowest BCUT2D eigenvalue weighted by molar-refractivity contribution is 0.616. The Morgan fingerprint density at radius 3 is 2.08 bits per heavy atom. The maximum atomic E-state index is 2.60. The molecule has 0 radical (unpaired) electrons. The average Bonchev–Trinajstić information content (AvgIpc) is 3.44. The number of hydrogen-bond donors (Lipinski definition) is 0. The molecule has 38 heavy (non-hydrogen) atoms. The molecule has 1 heterocycles. The normalized spacial score (nSPS) is 21.4. The zero-order chi connectivity index (χ0) is 25.8. The summed E-state index contributed by atoms with van der Waals surface area (Å²) in [4.78, 5) is 2.60. The summed E-state index contributed by atoms with van der Waals surface area (Å²) in [5.74, 6) is 0.895. The van der Waals surface area contributed by atoms with Crippen molar-refractivity contribution >= 4 is 23.5 Å². The van der Waals surface area contributed by atoms with Gasteiger partial charge in [0.25, 0.3) is 0 Å². The molecule has 188 valence electrons. The molecule has 0 spiro atoms. The number of anilines is 2. The molecule has 0 saturated carbocycles. The standard InChI is InChI=1S/C37H35N/c1-24-21-34-29(27-11-5-4-6-12-27)14-9-15-30(34)32(24)23-33-25(2)22-35-31(33)16-10-18-37(35)38-26(3)19-20-28-13-7-8-17-36(28)38/h4-18,21-22,26,32-33H,19-20,23H2,1-3H3. The van der Waals surface area contributed by atoms with Gasteiger partial charge in [-0.05, 0) is 85.5 Å². The molecule has 1 heteroatoms. The van der Waals surface area contributed by atoms with Gasteiger partial charge >= 0.3 is 0 Å². The number of nitrogens with zero attached hydrogens (tertiary/aromatic N) is 1. The van der Waals surface area contributed by atoms with E-state index in [1.54, 1.807) is 0 Å². The lowest BCUT2D eigenvalue weighted by Crippen LogP contribution is -2.33. The minimum absolute atomic E-state index is 0.444. The smallest absolute Gasteiger partial charge is 0.0489 e. The quantitative estimate of drug-likeness (QED) is 0.273. The molecule has 3 aliphatic rings. The van der Waals surface area contributed by atoms with Crippen molar-refractivity contribution in [2.45, 2.75) is 57.9 Å². The summed E-state index contributed by atoms with van der Waals surface area (Å²) >= 11 is 0. The molecular weight excluding hydrogens is 458 g/mol. The highest BCUT2D eigenvalue weighted by Crippen LogP contribution is 2.51. The topological polar surface area (TPSA) is 3.24 Å². The Labute approximate surface area is 227 Å². The van der Waals surface area contributed by atoms with E-state index in [4.69, 9.17) is 0 Å². The van der Waals surface area contributed by atoms with E-state index in [0.29, 0.717) is 17.9 Å². The van der Waals surface area contributed by atoms with Crippen molar-refractivity contribution in [2.24, 2.45) is 0 Å². The van der Waals surface area contributed by atoms with Crippen molar-refractivity contribution < 1.29 is 0 Å². The van der Waals surface area contributed by atoms with Crippen LogP contribution in [0.3, 0.4) is 0 Å². The predicted molar refractivity (Wildman–Crippen MR) is 162 cm³/mol. The van der Waals surface area contributed by atoms with Gasteiger partial charge in [-0.3, -0.25) is 0 Å². The van der Waals surface area contributed by atoms with Crippen molar-refractivity contribution in [1.29, 1.82) is 0 Å². The summed E-state index contributed by atoms with van der Waals surface area (Å²) in [6.07, 6.45) is 8.41. The highest BCUT2D eigenvalue weighted by Gasteiger charge is 2.34. The summed E-state index contributed by atoms with van der Waals surface area (Å²) in [5.41, 5.74) is 15.7. The van der Waals surface area contributed by atoms with Gasteiger partial charge in [0, 0.05) is 34.8 Å². The molecule has 3 unspecified atom stereocenters. The van der Waals surface area contributed by atoms with Crippen LogP contribution in [0.4, 0.5) is 11.4 Å². The monoisotopic (exact) mass is 493 g/mol. The second-order valence-electron chi connectivity index (χ2n) is 11.5. The third-order valence-corrected chi connectivity index (χ3v) is 9.19. The molecule has 2 aliphatic carbocycles. The van der Waals surface area contributed by atoms with E-state index in [1.807, 2.05) is 0 Å². The van der Waals surface area contributed by atoms with Gasteiger partial charge < -0.3 is 4.90 Å². The largest absolute Gasteiger partial charge is 0.338 e. The number of para-hydroxylation sites is 1. The van der Waals surface area contributed by atoms with Crippen LogP contribution in [0.2, 0.25) is 0 Å². The van der Waals surface area contributed by atoms with E-state index in [1.165, 1.54) is 67.9 Å². The zero-order valence-electron chi connectivity index (χ0n) is 22.6. The maximum Gasteiger partial charge on any atom is 0.0489 e. The summed E-state index contributed by atoms with van der Waals surface area (Å²) in [6, 6.07) is 34.2. The number of fused-ring (bicyclic) bond motifs is 3. The molecule has 0 bridgehead atoms. The molecule has 3 atom stereocenters. The highest BCUT2D eigenvalue weighted by molar-refractivity contribution is 5.84. The fourth-order valence-corrected chi connectivity index (χ4v) is 7.22. The molecule has 1 nitrogen and oxygen atoms in total. The second-order valence-corrected chi connectivity index (χ2v) is 11.5. The third-order valence-electron chi connectivity index (χ3n) is 9.19. The van der Waals surface area contributed by atoms with Crippen molar-refractivity contribution in [3.8, 4) is 11.1 Å². The maximum absolute atomic E-state index is 2.60. The Morgan fingerprint density at radius 1 is 0.658 bits per heavy atom. The Kier molecular flexibility index (Phi) is 5.62. The molecule has 4 aromatic rings. The molecule has 0 amide bonds. The summed E-state index contributed by atoms with van der Waals surface area (Å²) in [5, 5.41) is 0. The molecule has 0 saturated heterocycles. The number of aryl methyl sites for hydroxylation is 1. The third kappa shape index (κ3) is 3.68. The lowest BCUT2D eigenvalue weighted by Gasteiger charge is -2.38. The van der Waals surface area contributed by atoms with Gasteiger partial charge in [-0.15, -0.1) is 0 Å². The van der Waals surface area contributed by atoms with Crippen LogP contribution in [0.1, 0.15) is 73.3 Å². The molecule has 4 aromatic carbocycles. The highest BCUT2D eigenvalue weighted by atomic mass is 15.2. The minimum Gasteiger partial charge on any atom is -0.338 e. The van der Waals surface area contributed by atoms with Gasteiger partial charge in [0.05, 0.1) is 0 Å². The van der Waals surface area contributed by atoms with Crippen LogP contribution in [0.25, 0.3) is 23.3 Å². The molecule has 0 aromatic heterocycles. The Hall–Kier alpha value is -3.84. The molecule has 0 N–H and O–H groups in total. The summed E-state index contributed by atoms with van der Waals surface area (Å²) in [6.45, 7) is 7.06. The first-order valence-electron chi connectivity index (χ1n) is 14.1. The fraction of sp³-hybridized carbons (Fsp3) is 0.243. The molecule has 1 aliphatic heterocycles. The van der Waals surface area contributed by atoms with Gasteiger partial charge in [-0.25, -0.2) is 0 Å². The second kappa shape index (κ2) is 9.17. The van der Waals surface area contributed by atoms with Crippen molar-refractivity contribution in [1.82, 2.24) is 0 Å². The Morgan fingerprint density at radius 2 is 1.29 bits per heavy atom.